The summed E-state index contributed by atoms with van der Waals surface area (Å²) in [5.74, 6) is -0.413. The zero-order valence-corrected chi connectivity index (χ0v) is 11.8. The van der Waals surface area contributed by atoms with Gasteiger partial charge in [0.2, 0.25) is 10.0 Å². The van der Waals surface area contributed by atoms with Crippen LogP contribution in [-0.4, -0.2) is 45.9 Å². The highest BCUT2D eigenvalue weighted by molar-refractivity contribution is 7.89. The van der Waals surface area contributed by atoms with Crippen molar-refractivity contribution < 1.29 is 17.9 Å². The molecular weight excluding hydrogens is 256 g/mol. The summed E-state index contributed by atoms with van der Waals surface area (Å²) in [5, 5.41) is 3.20. The van der Waals surface area contributed by atoms with Crippen LogP contribution < -0.4 is 10.0 Å². The zero-order valence-electron chi connectivity index (χ0n) is 11.0. The number of piperidine rings is 1. The highest BCUT2D eigenvalue weighted by Gasteiger charge is 2.30. The molecule has 18 heavy (non-hydrogen) atoms. The number of rotatable bonds is 6. The summed E-state index contributed by atoms with van der Waals surface area (Å²) >= 11 is 0. The molecule has 0 aliphatic carbocycles. The van der Waals surface area contributed by atoms with E-state index in [-0.39, 0.29) is 30.1 Å². The summed E-state index contributed by atoms with van der Waals surface area (Å²) in [6.07, 6.45) is 1.98. The number of hydrogen-bond donors (Lipinski definition) is 2. The summed E-state index contributed by atoms with van der Waals surface area (Å²) in [6.45, 7) is 3.56. The molecule has 106 valence electrons. The number of sulfonamides is 1. The Morgan fingerprint density at radius 2 is 2.00 bits per heavy atom. The molecule has 1 heterocycles. The monoisotopic (exact) mass is 278 g/mol. The fourth-order valence-corrected chi connectivity index (χ4v) is 3.60. The maximum atomic E-state index is 11.9. The van der Waals surface area contributed by atoms with Gasteiger partial charge in [0.1, 0.15) is 0 Å². The molecule has 0 radical (unpaired) electrons. The Bertz CT molecular complexity index is 375. The molecule has 6 nitrogen and oxygen atoms in total. The second-order valence-electron chi connectivity index (χ2n) is 4.91. The van der Waals surface area contributed by atoms with E-state index in [1.165, 1.54) is 7.11 Å². The van der Waals surface area contributed by atoms with E-state index in [0.29, 0.717) is 0 Å². The largest absolute Gasteiger partial charge is 0.469 e. The summed E-state index contributed by atoms with van der Waals surface area (Å²) in [7, 11) is -2.03. The fourth-order valence-electron chi connectivity index (χ4n) is 2.02. The highest BCUT2D eigenvalue weighted by atomic mass is 32.2. The van der Waals surface area contributed by atoms with E-state index in [9.17, 15) is 13.2 Å². The Labute approximate surface area is 109 Å². The number of carbonyl (C=O) groups is 1. The van der Waals surface area contributed by atoms with Crippen LogP contribution in [-0.2, 0) is 19.6 Å². The smallest absolute Gasteiger partial charge is 0.305 e. The molecule has 0 aromatic rings. The normalized spacial score (nSPS) is 19.4. The first kappa shape index (κ1) is 15.4. The molecule has 0 atom stereocenters. The van der Waals surface area contributed by atoms with Crippen LogP contribution in [0.3, 0.4) is 0 Å². The lowest BCUT2D eigenvalue weighted by molar-refractivity contribution is -0.140. The topological polar surface area (TPSA) is 84.5 Å². The minimum absolute atomic E-state index is 0.0366. The number of hydrogen-bond acceptors (Lipinski definition) is 5. The third kappa shape index (κ3) is 5.32. The predicted molar refractivity (Wildman–Crippen MR) is 68.7 cm³/mol. The van der Waals surface area contributed by atoms with Crippen molar-refractivity contribution in [3.8, 4) is 0 Å². The van der Waals surface area contributed by atoms with E-state index in [1.807, 2.05) is 6.92 Å². The fraction of sp³-hybridized carbons (Fsp3) is 0.909. The minimum Gasteiger partial charge on any atom is -0.469 e. The van der Waals surface area contributed by atoms with E-state index < -0.39 is 10.0 Å². The molecule has 7 heteroatoms. The lowest BCUT2D eigenvalue weighted by atomic mass is 9.92. The van der Waals surface area contributed by atoms with Gasteiger partial charge in [0.05, 0.1) is 12.9 Å². The first-order chi connectivity index (χ1) is 8.37. The van der Waals surface area contributed by atoms with Crippen LogP contribution >= 0.6 is 0 Å². The predicted octanol–water partition coefficient (Wildman–Crippen LogP) is 0.00110. The second kappa shape index (κ2) is 6.49. The van der Waals surface area contributed by atoms with E-state index in [2.05, 4.69) is 14.8 Å². The van der Waals surface area contributed by atoms with Crippen LogP contribution in [0.2, 0.25) is 0 Å². The van der Waals surface area contributed by atoms with Gasteiger partial charge in [-0.15, -0.1) is 0 Å². The SMILES string of the molecule is COC(=O)CCCS(=O)(=O)NC1(C)CCNCC1. The van der Waals surface area contributed by atoms with E-state index >= 15 is 0 Å². The van der Waals surface area contributed by atoms with Gasteiger partial charge in [0, 0.05) is 12.0 Å². The van der Waals surface area contributed by atoms with Gasteiger partial charge in [-0.05, 0) is 39.3 Å². The molecule has 0 bridgehead atoms. The summed E-state index contributed by atoms with van der Waals surface area (Å²) in [5.41, 5.74) is -0.366. The quantitative estimate of drug-likeness (QED) is 0.668. The van der Waals surface area contributed by atoms with Crippen molar-refractivity contribution in [3.05, 3.63) is 0 Å². The molecule has 1 saturated heterocycles. The Morgan fingerprint density at radius 1 is 1.39 bits per heavy atom. The molecule has 0 aromatic carbocycles. The van der Waals surface area contributed by atoms with E-state index in [0.717, 1.165) is 25.9 Å². The molecule has 0 saturated carbocycles. The van der Waals surface area contributed by atoms with Gasteiger partial charge in [0.25, 0.3) is 0 Å². The number of ether oxygens (including phenoxy) is 1. The van der Waals surface area contributed by atoms with Crippen molar-refractivity contribution in [2.75, 3.05) is 26.0 Å². The molecule has 0 spiro atoms. The number of esters is 1. The molecule has 1 aliphatic rings. The van der Waals surface area contributed by atoms with Gasteiger partial charge in [-0.1, -0.05) is 0 Å². The maximum Gasteiger partial charge on any atom is 0.305 e. The average molecular weight is 278 g/mol. The summed E-state index contributed by atoms with van der Waals surface area (Å²) in [4.78, 5) is 10.9. The van der Waals surface area contributed by atoms with Crippen LogP contribution in [0.1, 0.15) is 32.6 Å². The summed E-state index contributed by atoms with van der Waals surface area (Å²) in [6, 6.07) is 0. The first-order valence-electron chi connectivity index (χ1n) is 6.16. The molecule has 1 fully saturated rings. The zero-order chi connectivity index (χ0) is 13.6. The molecule has 0 unspecified atom stereocenters. The van der Waals surface area contributed by atoms with E-state index in [1.54, 1.807) is 0 Å². The third-order valence-corrected chi connectivity index (χ3v) is 4.76. The van der Waals surface area contributed by atoms with E-state index in [4.69, 9.17) is 0 Å². The molecule has 1 aliphatic heterocycles. The molecule has 1 rings (SSSR count). The second-order valence-corrected chi connectivity index (χ2v) is 6.75. The first-order valence-corrected chi connectivity index (χ1v) is 7.81. The van der Waals surface area contributed by atoms with Gasteiger partial charge < -0.3 is 10.1 Å². The molecule has 0 amide bonds. The lowest BCUT2D eigenvalue weighted by Gasteiger charge is -2.34. The van der Waals surface area contributed by atoms with Gasteiger partial charge in [-0.25, -0.2) is 13.1 Å². The molecular formula is C11H22N2O4S. The maximum absolute atomic E-state index is 11.9. The molecule has 0 aromatic heterocycles. The van der Waals surface area contributed by atoms with Crippen LogP contribution in [0.4, 0.5) is 0 Å². The van der Waals surface area contributed by atoms with Crippen LogP contribution in [0.25, 0.3) is 0 Å². The Kier molecular flexibility index (Phi) is 5.55. The Morgan fingerprint density at radius 3 is 2.56 bits per heavy atom. The van der Waals surface area contributed by atoms with Crippen LogP contribution in [0, 0.1) is 0 Å². The minimum atomic E-state index is -3.33. The van der Waals surface area contributed by atoms with Crippen molar-refractivity contribution in [1.29, 1.82) is 0 Å². The van der Waals surface area contributed by atoms with Crippen molar-refractivity contribution >= 4 is 16.0 Å². The lowest BCUT2D eigenvalue weighted by Crippen LogP contribution is -2.52. The Balaban J connectivity index is 2.41. The number of carbonyl (C=O) groups excluding carboxylic acids is 1. The van der Waals surface area contributed by atoms with Gasteiger partial charge in [0.15, 0.2) is 0 Å². The Hall–Kier alpha value is -0.660. The third-order valence-electron chi connectivity index (χ3n) is 3.13. The van der Waals surface area contributed by atoms with Crippen LogP contribution in [0.15, 0.2) is 0 Å². The van der Waals surface area contributed by atoms with Crippen LogP contribution in [0.5, 0.6) is 0 Å². The van der Waals surface area contributed by atoms with Crippen molar-refractivity contribution in [2.24, 2.45) is 0 Å². The summed E-state index contributed by atoms with van der Waals surface area (Å²) < 4.78 is 31.0. The van der Waals surface area contributed by atoms with Gasteiger partial charge in [-0.3, -0.25) is 4.79 Å². The number of nitrogens with one attached hydrogen (secondary N) is 2. The van der Waals surface area contributed by atoms with Gasteiger partial charge in [-0.2, -0.15) is 0 Å². The van der Waals surface area contributed by atoms with Crippen molar-refractivity contribution in [2.45, 2.75) is 38.1 Å². The van der Waals surface area contributed by atoms with Crippen molar-refractivity contribution in [3.63, 3.8) is 0 Å². The molecule has 2 N–H and O–H groups in total. The number of methoxy groups -OCH3 is 1. The highest BCUT2D eigenvalue weighted by Crippen LogP contribution is 2.18. The average Bonchev–Trinajstić information content (AvgIpc) is 2.27. The standard InChI is InChI=1S/C11H22N2O4S/c1-11(5-7-12-8-6-11)13-18(15,16)9-3-4-10(14)17-2/h12-13H,3-9H2,1-2H3. The van der Waals surface area contributed by atoms with Crippen molar-refractivity contribution in [1.82, 2.24) is 10.0 Å². The van der Waals surface area contributed by atoms with Gasteiger partial charge >= 0.3 is 5.97 Å².